The summed E-state index contributed by atoms with van der Waals surface area (Å²) in [6.07, 6.45) is 0.776. The smallest absolute Gasteiger partial charge is 0.276 e. The average molecular weight is 448 g/mol. The van der Waals surface area contributed by atoms with Gasteiger partial charge in [-0.2, -0.15) is 0 Å². The Morgan fingerprint density at radius 2 is 0.938 bits per heavy atom. The maximum Gasteiger partial charge on any atom is 0.276 e. The lowest BCUT2D eigenvalue weighted by Gasteiger charge is -2.21. The van der Waals surface area contributed by atoms with Crippen LogP contribution in [0.5, 0.6) is 23.0 Å². The molecule has 0 aliphatic heterocycles. The van der Waals surface area contributed by atoms with Gasteiger partial charge in [-0.25, -0.2) is 0 Å². The first kappa shape index (κ1) is 24.7. The summed E-state index contributed by atoms with van der Waals surface area (Å²) in [6, 6.07) is 5.92. The molecule has 32 heavy (non-hydrogen) atoms. The first-order valence-electron chi connectivity index (χ1n) is 9.95. The highest BCUT2D eigenvalue weighted by Crippen LogP contribution is 2.38. The second kappa shape index (κ2) is 10.7. The zero-order valence-corrected chi connectivity index (χ0v) is 19.0. The molecule has 0 N–H and O–H groups in total. The number of hydrogen-bond donors (Lipinski definition) is 0. The van der Waals surface area contributed by atoms with Crippen molar-refractivity contribution in [3.63, 3.8) is 0 Å². The maximum atomic E-state index is 11.6. The molecule has 0 heterocycles. The number of ether oxygens (including phenoxy) is 4. The van der Waals surface area contributed by atoms with Gasteiger partial charge in [0.2, 0.25) is 0 Å². The Bertz CT molecular complexity index is 913. The molecule has 0 aliphatic rings. The number of nitrogens with zero attached hydrogens (tertiary/aromatic N) is 2. The maximum absolute atomic E-state index is 11.6. The van der Waals surface area contributed by atoms with Crippen molar-refractivity contribution in [3.05, 3.63) is 55.6 Å². The van der Waals surface area contributed by atoms with Crippen molar-refractivity contribution in [2.75, 3.05) is 28.4 Å². The molecule has 0 saturated heterocycles. The SMILES string of the molecule is COc1cc(C[C@@H](C)[C@@H](C)Cc2cc(OC)c(OC)cc2[N+](=O)[O-])c([N+](=O)[O-])cc1OC. The Labute approximate surface area is 186 Å². The van der Waals surface area contributed by atoms with Gasteiger partial charge in [0.25, 0.3) is 11.4 Å². The molecule has 0 bridgehead atoms. The average Bonchev–Trinajstić information content (AvgIpc) is 2.77. The molecule has 10 heteroatoms. The van der Waals surface area contributed by atoms with Crippen LogP contribution in [0, 0.1) is 32.1 Å². The summed E-state index contributed by atoms with van der Waals surface area (Å²) >= 11 is 0. The van der Waals surface area contributed by atoms with Crippen LogP contribution in [0.2, 0.25) is 0 Å². The van der Waals surface area contributed by atoms with E-state index in [4.69, 9.17) is 18.9 Å². The zero-order valence-electron chi connectivity index (χ0n) is 19.0. The molecule has 0 radical (unpaired) electrons. The van der Waals surface area contributed by atoms with E-state index in [1.807, 2.05) is 13.8 Å². The van der Waals surface area contributed by atoms with Crippen LogP contribution >= 0.6 is 0 Å². The lowest BCUT2D eigenvalue weighted by Crippen LogP contribution is -2.15. The number of nitro groups is 2. The Morgan fingerprint density at radius 3 is 1.19 bits per heavy atom. The fourth-order valence-corrected chi connectivity index (χ4v) is 3.58. The highest BCUT2D eigenvalue weighted by Gasteiger charge is 2.26. The van der Waals surface area contributed by atoms with Crippen molar-refractivity contribution < 1.29 is 28.8 Å². The van der Waals surface area contributed by atoms with Crippen molar-refractivity contribution in [1.29, 1.82) is 0 Å². The lowest BCUT2D eigenvalue weighted by atomic mass is 9.84. The van der Waals surface area contributed by atoms with Crippen LogP contribution in [0.15, 0.2) is 24.3 Å². The minimum atomic E-state index is -0.451. The van der Waals surface area contributed by atoms with Gasteiger partial charge in [-0.15, -0.1) is 0 Å². The van der Waals surface area contributed by atoms with Crippen LogP contribution in [-0.4, -0.2) is 38.3 Å². The van der Waals surface area contributed by atoms with Crippen molar-refractivity contribution in [3.8, 4) is 23.0 Å². The molecular formula is C22H28N2O8. The van der Waals surface area contributed by atoms with E-state index >= 15 is 0 Å². The number of rotatable bonds is 11. The first-order valence-corrected chi connectivity index (χ1v) is 9.95. The van der Waals surface area contributed by atoms with Crippen molar-refractivity contribution in [1.82, 2.24) is 0 Å². The van der Waals surface area contributed by atoms with Crippen molar-refractivity contribution in [2.24, 2.45) is 11.8 Å². The third-order valence-corrected chi connectivity index (χ3v) is 5.62. The van der Waals surface area contributed by atoms with Gasteiger partial charge in [0.15, 0.2) is 23.0 Å². The fraction of sp³-hybridized carbons (Fsp3) is 0.455. The summed E-state index contributed by atoms with van der Waals surface area (Å²) < 4.78 is 20.9. The molecular weight excluding hydrogens is 420 g/mol. The molecule has 0 saturated carbocycles. The minimum absolute atomic E-state index is 0.0282. The monoisotopic (exact) mass is 448 g/mol. The van der Waals surface area contributed by atoms with E-state index in [0.29, 0.717) is 35.5 Å². The van der Waals surface area contributed by atoms with E-state index in [1.165, 1.54) is 40.6 Å². The van der Waals surface area contributed by atoms with Crippen LogP contribution in [0.4, 0.5) is 11.4 Å². The summed E-state index contributed by atoms with van der Waals surface area (Å²) in [5.74, 6) is 1.32. The third-order valence-electron chi connectivity index (χ3n) is 5.62. The number of benzene rings is 2. The van der Waals surface area contributed by atoms with E-state index in [-0.39, 0.29) is 34.7 Å². The number of nitro benzene ring substituents is 2. The second-order valence-electron chi connectivity index (χ2n) is 7.55. The van der Waals surface area contributed by atoms with Gasteiger partial charge < -0.3 is 18.9 Å². The van der Waals surface area contributed by atoms with E-state index in [0.717, 1.165) is 0 Å². The van der Waals surface area contributed by atoms with E-state index in [1.54, 1.807) is 12.1 Å². The Kier molecular flexibility index (Phi) is 8.22. The van der Waals surface area contributed by atoms with Crippen LogP contribution in [0.1, 0.15) is 25.0 Å². The van der Waals surface area contributed by atoms with Crippen LogP contribution < -0.4 is 18.9 Å². The van der Waals surface area contributed by atoms with E-state index < -0.39 is 9.85 Å². The Hall–Kier alpha value is -3.56. The van der Waals surface area contributed by atoms with Crippen LogP contribution in [0.3, 0.4) is 0 Å². The van der Waals surface area contributed by atoms with Gasteiger partial charge in [0.1, 0.15) is 0 Å². The summed E-state index contributed by atoms with van der Waals surface area (Å²) in [6.45, 7) is 3.91. The normalized spacial score (nSPS) is 12.6. The van der Waals surface area contributed by atoms with Gasteiger partial charge in [-0.3, -0.25) is 20.2 Å². The summed E-state index contributed by atoms with van der Waals surface area (Å²) in [7, 11) is 5.77. The van der Waals surface area contributed by atoms with Gasteiger partial charge in [-0.05, 0) is 36.8 Å². The van der Waals surface area contributed by atoms with E-state index in [9.17, 15) is 20.2 Å². The van der Waals surface area contributed by atoms with Crippen molar-refractivity contribution >= 4 is 11.4 Å². The highest BCUT2D eigenvalue weighted by molar-refractivity contribution is 5.55. The predicted octanol–water partition coefficient (Wildman–Crippen LogP) is 4.59. The largest absolute Gasteiger partial charge is 0.493 e. The van der Waals surface area contributed by atoms with Gasteiger partial charge in [0.05, 0.1) is 50.4 Å². The Balaban J connectivity index is 2.34. The Morgan fingerprint density at radius 1 is 0.656 bits per heavy atom. The topological polar surface area (TPSA) is 123 Å². The predicted molar refractivity (Wildman–Crippen MR) is 118 cm³/mol. The molecule has 2 aromatic rings. The molecule has 2 aromatic carbocycles. The number of methoxy groups -OCH3 is 4. The van der Waals surface area contributed by atoms with Gasteiger partial charge >= 0.3 is 0 Å². The molecule has 2 atom stereocenters. The summed E-state index contributed by atoms with van der Waals surface area (Å²) in [4.78, 5) is 22.3. The number of hydrogen-bond acceptors (Lipinski definition) is 8. The molecule has 0 unspecified atom stereocenters. The second-order valence-corrected chi connectivity index (χ2v) is 7.55. The molecule has 2 rings (SSSR count). The molecule has 0 fully saturated rings. The molecule has 174 valence electrons. The van der Waals surface area contributed by atoms with Gasteiger partial charge in [0, 0.05) is 11.1 Å². The minimum Gasteiger partial charge on any atom is -0.493 e. The molecule has 10 nitrogen and oxygen atoms in total. The molecule has 0 amide bonds. The van der Waals surface area contributed by atoms with Crippen LogP contribution in [0.25, 0.3) is 0 Å². The lowest BCUT2D eigenvalue weighted by molar-refractivity contribution is -0.386. The van der Waals surface area contributed by atoms with Gasteiger partial charge in [-0.1, -0.05) is 13.8 Å². The first-order chi connectivity index (χ1) is 15.2. The summed E-state index contributed by atoms with van der Waals surface area (Å²) in [5, 5.41) is 23.2. The van der Waals surface area contributed by atoms with E-state index in [2.05, 4.69) is 0 Å². The zero-order chi connectivity index (χ0) is 24.0. The quantitative estimate of drug-likeness (QED) is 0.361. The summed E-state index contributed by atoms with van der Waals surface area (Å²) in [5.41, 5.74) is 0.903. The highest BCUT2D eigenvalue weighted by atomic mass is 16.6. The molecule has 0 aliphatic carbocycles. The van der Waals surface area contributed by atoms with Crippen LogP contribution in [-0.2, 0) is 12.8 Å². The fourth-order valence-electron chi connectivity index (χ4n) is 3.58. The van der Waals surface area contributed by atoms with Crippen molar-refractivity contribution in [2.45, 2.75) is 26.7 Å². The third kappa shape index (κ3) is 5.37. The standard InChI is InChI=1S/C22H28N2O8/c1-13(7-15-9-19(29-3)21(31-5)11-17(15)23(25)26)14(2)8-16-10-20(30-4)22(32-6)12-18(16)24(27)28/h9-14H,7-8H2,1-6H3/t13-,14+. The molecule has 0 spiro atoms. The molecule has 0 aromatic heterocycles.